The summed E-state index contributed by atoms with van der Waals surface area (Å²) in [7, 11) is 5.85. The molecule has 2 aromatic heterocycles. The average molecular weight is 699 g/mol. The van der Waals surface area contributed by atoms with Crippen molar-refractivity contribution in [3.05, 3.63) is 29.9 Å². The van der Waals surface area contributed by atoms with Crippen molar-refractivity contribution in [3.8, 4) is 10.7 Å². The van der Waals surface area contributed by atoms with Crippen LogP contribution in [0.4, 0.5) is 4.79 Å². The monoisotopic (exact) mass is 698 g/mol. The van der Waals surface area contributed by atoms with Crippen LogP contribution in [0.3, 0.4) is 0 Å². The Morgan fingerprint density at radius 3 is 2.53 bits per heavy atom. The Hall–Kier alpha value is -3.10. The highest BCUT2D eigenvalue weighted by molar-refractivity contribution is 7.13. The summed E-state index contributed by atoms with van der Waals surface area (Å²) in [4.78, 5) is 49.6. The summed E-state index contributed by atoms with van der Waals surface area (Å²) >= 11 is 1.50. The minimum Gasteiger partial charge on any atom is -0.458 e. The molecule has 0 radical (unpaired) electrons. The fraction of sp³-hybridized carbons (Fsp3) is 0.714. The smallest absolute Gasteiger partial charge is 0.411 e. The number of amides is 1. The number of methoxy groups -OCH3 is 1. The molecule has 2 aromatic rings. The van der Waals surface area contributed by atoms with E-state index >= 15 is 0 Å². The number of rotatable bonds is 8. The summed E-state index contributed by atoms with van der Waals surface area (Å²) in [5.41, 5.74) is -0.447. The van der Waals surface area contributed by atoms with E-state index in [-0.39, 0.29) is 17.9 Å². The van der Waals surface area contributed by atoms with Gasteiger partial charge in [0.1, 0.15) is 36.4 Å². The van der Waals surface area contributed by atoms with Gasteiger partial charge in [0, 0.05) is 37.2 Å². The predicted molar refractivity (Wildman–Crippen MR) is 192 cm³/mol. The molecule has 4 rings (SSSR count). The van der Waals surface area contributed by atoms with Crippen molar-refractivity contribution in [1.29, 1.82) is 0 Å². The number of Topliss-reactive ketones (excluding diaryl/α,β-unsaturated/α-hetero) is 1. The number of aromatic nitrogens is 4. The van der Waals surface area contributed by atoms with Crippen molar-refractivity contribution in [2.24, 2.45) is 17.8 Å². The molecule has 0 aromatic carbocycles. The molecule has 4 heterocycles. The second-order valence-electron chi connectivity index (χ2n) is 14.5. The number of thiazole rings is 1. The number of ketones is 1. The summed E-state index contributed by atoms with van der Waals surface area (Å²) in [6.07, 6.45) is 9.10. The second kappa shape index (κ2) is 16.3. The van der Waals surface area contributed by atoms with Crippen LogP contribution in [-0.2, 0) is 30.3 Å². The minimum atomic E-state index is -1.16. The lowest BCUT2D eigenvalue weighted by Gasteiger charge is -2.44. The molecule has 49 heavy (non-hydrogen) atoms. The molecule has 0 N–H and O–H groups in total. The van der Waals surface area contributed by atoms with Gasteiger partial charge in [0.25, 0.3) is 0 Å². The number of ether oxygens (including phenoxy) is 3. The first-order valence-electron chi connectivity index (χ1n) is 17.6. The Balaban J connectivity index is 1.60. The SMILES string of the molecule is B[C@@]1(C(C)OC)CC[C@H](C)CCN(C)[C@@H](C)[C@H]2N(C/C=C/Cn3cc(-c4nccs4)nn3)C(=O)O[C@]2(C)[C@@H](CC)OC(=O)[C@H](C)C(=O)[C@@H]1C. The van der Waals surface area contributed by atoms with Crippen LogP contribution < -0.4 is 0 Å². The predicted octanol–water partition coefficient (Wildman–Crippen LogP) is 4.67. The molecule has 1 unspecified atom stereocenters. The van der Waals surface area contributed by atoms with E-state index in [1.54, 1.807) is 29.8 Å². The van der Waals surface area contributed by atoms with Gasteiger partial charge >= 0.3 is 12.1 Å². The van der Waals surface area contributed by atoms with E-state index in [1.807, 2.05) is 51.4 Å². The third-order valence-corrected chi connectivity index (χ3v) is 12.3. The standard InChI is InChI=1S/C35H55BN6O6S/c1-10-28-34(7)30(42(33(45)48-34)18-12-11-17-41-21-27(38-39-41)31-37-16-20-49-31)25(5)40(8)19-14-22(2)13-15-35(36,26(6)46-9)24(4)29(43)23(3)32(44)47-28/h11-12,16,20-26,28,30H,10,13-15,17-19,36H2,1-9H3/b12-11+/t22-,23+,24-,25-,26?,28+,30+,34+,35-/m0/s1. The topological polar surface area (TPSA) is 129 Å². The van der Waals surface area contributed by atoms with Crippen molar-refractivity contribution < 1.29 is 28.6 Å². The first-order valence-corrected chi connectivity index (χ1v) is 18.5. The largest absolute Gasteiger partial charge is 0.458 e. The zero-order chi connectivity index (χ0) is 36.1. The number of carbonyl (C=O) groups excluding carboxylic acids is 3. The maximum atomic E-state index is 13.9. The quantitative estimate of drug-likeness (QED) is 0.166. The van der Waals surface area contributed by atoms with Gasteiger partial charge in [-0.15, -0.1) is 16.4 Å². The van der Waals surface area contributed by atoms with Gasteiger partial charge in [-0.25, -0.2) is 14.5 Å². The summed E-state index contributed by atoms with van der Waals surface area (Å²) in [6.45, 7) is 15.2. The van der Waals surface area contributed by atoms with Crippen LogP contribution in [0.15, 0.2) is 29.9 Å². The molecule has 0 spiro atoms. The summed E-state index contributed by atoms with van der Waals surface area (Å²) < 4.78 is 19.9. The van der Waals surface area contributed by atoms with E-state index in [0.717, 1.165) is 30.8 Å². The van der Waals surface area contributed by atoms with E-state index < -0.39 is 47.0 Å². The molecule has 0 aliphatic carbocycles. The minimum absolute atomic E-state index is 0.133. The summed E-state index contributed by atoms with van der Waals surface area (Å²) in [5, 5.41) is 10.7. The molecule has 2 aliphatic heterocycles. The number of likely N-dealkylation sites (N-methyl/N-ethyl adjacent to an activating group) is 1. The van der Waals surface area contributed by atoms with Gasteiger partial charge in [-0.05, 0) is 65.4 Å². The van der Waals surface area contributed by atoms with Crippen LogP contribution in [0.25, 0.3) is 10.7 Å². The van der Waals surface area contributed by atoms with Crippen molar-refractivity contribution in [2.75, 3.05) is 27.2 Å². The molecular formula is C35H55BN6O6S. The number of hydrogen-bond acceptors (Lipinski definition) is 11. The zero-order valence-electron chi connectivity index (χ0n) is 30.9. The van der Waals surface area contributed by atoms with Gasteiger partial charge in [0.2, 0.25) is 0 Å². The highest BCUT2D eigenvalue weighted by Crippen LogP contribution is 2.45. The highest BCUT2D eigenvalue weighted by Gasteiger charge is 2.59. The number of carbonyl (C=O) groups is 3. The maximum absolute atomic E-state index is 13.9. The van der Waals surface area contributed by atoms with E-state index in [0.29, 0.717) is 31.1 Å². The number of nitrogens with zero attached hydrogens (tertiary/aromatic N) is 6. The molecule has 270 valence electrons. The first kappa shape index (κ1) is 38.7. The maximum Gasteiger partial charge on any atom is 0.411 e. The van der Waals surface area contributed by atoms with Crippen LogP contribution in [0.1, 0.15) is 74.1 Å². The number of cyclic esters (lactones) is 1. The third-order valence-electron chi connectivity index (χ3n) is 11.5. The Morgan fingerprint density at radius 2 is 1.88 bits per heavy atom. The fourth-order valence-electron chi connectivity index (χ4n) is 7.40. The van der Waals surface area contributed by atoms with Crippen molar-refractivity contribution in [3.63, 3.8) is 0 Å². The van der Waals surface area contributed by atoms with Gasteiger partial charge < -0.3 is 19.1 Å². The van der Waals surface area contributed by atoms with Crippen LogP contribution in [0.5, 0.6) is 0 Å². The Kier molecular flexibility index (Phi) is 12.9. The van der Waals surface area contributed by atoms with Crippen molar-refractivity contribution in [1.82, 2.24) is 29.8 Å². The molecule has 2 fully saturated rings. The van der Waals surface area contributed by atoms with E-state index in [2.05, 4.69) is 48.9 Å². The molecule has 1 amide bonds. The highest BCUT2D eigenvalue weighted by atomic mass is 32.1. The van der Waals surface area contributed by atoms with Crippen molar-refractivity contribution in [2.45, 2.75) is 116 Å². The normalized spacial score (nSPS) is 33.4. The van der Waals surface area contributed by atoms with Crippen LogP contribution in [0.2, 0.25) is 5.31 Å². The van der Waals surface area contributed by atoms with Gasteiger partial charge in [0.05, 0.1) is 24.9 Å². The van der Waals surface area contributed by atoms with Crippen LogP contribution >= 0.6 is 11.3 Å². The van der Waals surface area contributed by atoms with Crippen LogP contribution in [-0.4, -0.2) is 113 Å². The molecule has 0 bridgehead atoms. The number of hydrogen-bond donors (Lipinski definition) is 0. The lowest BCUT2D eigenvalue weighted by molar-refractivity contribution is -0.171. The molecule has 2 aliphatic rings. The van der Waals surface area contributed by atoms with Gasteiger partial charge in [-0.3, -0.25) is 14.5 Å². The fourth-order valence-corrected chi connectivity index (χ4v) is 7.98. The average Bonchev–Trinajstić information content (AvgIpc) is 3.84. The number of esters is 1. The Bertz CT molecular complexity index is 1460. The lowest BCUT2D eigenvalue weighted by atomic mass is 9.53. The van der Waals surface area contributed by atoms with Gasteiger partial charge in [-0.1, -0.05) is 51.0 Å². The molecule has 14 heteroatoms. The van der Waals surface area contributed by atoms with Gasteiger partial charge in [0.15, 0.2) is 5.60 Å². The zero-order valence-corrected chi connectivity index (χ0v) is 31.7. The molecule has 0 saturated carbocycles. The Morgan fingerprint density at radius 1 is 1.16 bits per heavy atom. The van der Waals surface area contributed by atoms with Crippen molar-refractivity contribution >= 4 is 37.0 Å². The summed E-state index contributed by atoms with van der Waals surface area (Å²) in [5.74, 6) is -1.79. The third kappa shape index (κ3) is 8.28. The van der Waals surface area contributed by atoms with Crippen LogP contribution in [0, 0.1) is 17.8 Å². The second-order valence-corrected chi connectivity index (χ2v) is 15.4. The number of fused-ring (bicyclic) bond motifs is 1. The molecule has 2 saturated heterocycles. The first-order chi connectivity index (χ1) is 23.2. The molecule has 9 atom stereocenters. The molecule has 12 nitrogen and oxygen atoms in total. The van der Waals surface area contributed by atoms with E-state index in [9.17, 15) is 14.4 Å². The van der Waals surface area contributed by atoms with E-state index in [4.69, 9.17) is 14.2 Å². The van der Waals surface area contributed by atoms with Gasteiger partial charge in [-0.2, -0.15) is 0 Å². The lowest BCUT2D eigenvalue weighted by Crippen LogP contribution is -2.60. The number of allylic oxidation sites excluding steroid dienone is 1. The van der Waals surface area contributed by atoms with E-state index in [1.165, 1.54) is 11.3 Å². The molecular weight excluding hydrogens is 643 g/mol. The summed E-state index contributed by atoms with van der Waals surface area (Å²) in [6, 6.07) is -0.569. The Labute approximate surface area is 296 Å².